The average molecular weight is 293 g/mol. The number of nitrogens with zero attached hydrogens (tertiary/aromatic N) is 2. The molecule has 2 aromatic rings. The second-order valence-corrected chi connectivity index (χ2v) is 4.94. The Kier molecular flexibility index (Phi) is 4.45. The maximum atomic E-state index is 11.3. The fourth-order valence-corrected chi connectivity index (χ4v) is 2.28. The van der Waals surface area contributed by atoms with Gasteiger partial charge in [0.1, 0.15) is 12.4 Å². The predicted octanol–water partition coefficient (Wildman–Crippen LogP) is 3.42. The summed E-state index contributed by atoms with van der Waals surface area (Å²) in [5, 5.41) is 4.99. The zero-order chi connectivity index (χ0) is 14.7. The quantitative estimate of drug-likeness (QED) is 0.793. The van der Waals surface area contributed by atoms with E-state index < -0.39 is 0 Å². The van der Waals surface area contributed by atoms with E-state index in [1.54, 1.807) is 22.9 Å². The smallest absolute Gasteiger partial charge is 0.159 e. The Bertz CT molecular complexity index is 635. The van der Waals surface area contributed by atoms with Gasteiger partial charge < -0.3 is 4.74 Å². The van der Waals surface area contributed by atoms with Crippen LogP contribution in [0.2, 0.25) is 5.02 Å². The van der Waals surface area contributed by atoms with Crippen LogP contribution in [0.5, 0.6) is 5.75 Å². The molecular weight excluding hydrogens is 276 g/mol. The summed E-state index contributed by atoms with van der Waals surface area (Å²) in [6.45, 7) is 3.86. The first-order valence-corrected chi connectivity index (χ1v) is 6.84. The van der Waals surface area contributed by atoms with Crippen molar-refractivity contribution in [1.29, 1.82) is 0 Å². The van der Waals surface area contributed by atoms with Gasteiger partial charge in [-0.15, -0.1) is 0 Å². The molecular formula is C15H17ClN2O2. The van der Waals surface area contributed by atoms with Crippen LogP contribution < -0.4 is 4.74 Å². The first-order valence-electron chi connectivity index (χ1n) is 6.47. The monoisotopic (exact) mass is 292 g/mol. The van der Waals surface area contributed by atoms with Gasteiger partial charge in [0, 0.05) is 12.6 Å². The molecule has 0 spiro atoms. The summed E-state index contributed by atoms with van der Waals surface area (Å²) < 4.78 is 7.44. The normalized spacial score (nSPS) is 10.6. The van der Waals surface area contributed by atoms with Crippen molar-refractivity contribution in [3.05, 3.63) is 46.2 Å². The summed E-state index contributed by atoms with van der Waals surface area (Å²) in [5.41, 5.74) is 2.33. The third-order valence-corrected chi connectivity index (χ3v) is 3.56. The average Bonchev–Trinajstić information content (AvgIpc) is 2.71. The van der Waals surface area contributed by atoms with Crippen LogP contribution in [-0.4, -0.2) is 15.6 Å². The Labute approximate surface area is 123 Å². The Morgan fingerprint density at radius 3 is 2.80 bits per heavy atom. The summed E-state index contributed by atoms with van der Waals surface area (Å²) in [6, 6.07) is 7.11. The summed E-state index contributed by atoms with van der Waals surface area (Å²) >= 11 is 6.26. The van der Waals surface area contributed by atoms with Crippen LogP contribution in [0.3, 0.4) is 0 Å². The fraction of sp³-hybridized carbons (Fsp3) is 0.333. The Morgan fingerprint density at radius 1 is 1.45 bits per heavy atom. The van der Waals surface area contributed by atoms with Crippen molar-refractivity contribution in [3.8, 4) is 5.75 Å². The van der Waals surface area contributed by atoms with E-state index in [-0.39, 0.29) is 5.78 Å². The van der Waals surface area contributed by atoms with Gasteiger partial charge in [-0.3, -0.25) is 9.48 Å². The van der Waals surface area contributed by atoms with Gasteiger partial charge in [-0.1, -0.05) is 30.7 Å². The number of rotatable bonds is 5. The van der Waals surface area contributed by atoms with E-state index >= 15 is 0 Å². The molecule has 0 amide bonds. The maximum absolute atomic E-state index is 11.3. The van der Waals surface area contributed by atoms with Crippen molar-refractivity contribution in [2.45, 2.75) is 26.9 Å². The second kappa shape index (κ2) is 6.09. The van der Waals surface area contributed by atoms with Gasteiger partial charge in [-0.2, -0.15) is 5.10 Å². The highest BCUT2D eigenvalue weighted by Gasteiger charge is 2.13. The molecule has 0 saturated heterocycles. The number of benzene rings is 1. The lowest BCUT2D eigenvalue weighted by Gasteiger charge is -2.08. The van der Waals surface area contributed by atoms with Crippen LogP contribution in [0, 0.1) is 0 Å². The lowest BCUT2D eigenvalue weighted by molar-refractivity contribution is 0.101. The molecule has 1 aromatic carbocycles. The van der Waals surface area contributed by atoms with Crippen LogP contribution >= 0.6 is 11.6 Å². The molecule has 0 aliphatic carbocycles. The lowest BCUT2D eigenvalue weighted by atomic mass is 10.1. The van der Waals surface area contributed by atoms with E-state index in [9.17, 15) is 4.79 Å². The highest BCUT2D eigenvalue weighted by molar-refractivity contribution is 6.31. The number of halogens is 1. The van der Waals surface area contributed by atoms with Gasteiger partial charge in [-0.05, 0) is 25.5 Å². The van der Waals surface area contributed by atoms with Gasteiger partial charge in [-0.25, -0.2) is 0 Å². The summed E-state index contributed by atoms with van der Waals surface area (Å²) in [5.74, 6) is 0.662. The largest absolute Gasteiger partial charge is 0.487 e. The van der Waals surface area contributed by atoms with Gasteiger partial charge in [0.2, 0.25) is 0 Å². The summed E-state index contributed by atoms with van der Waals surface area (Å²) in [6.07, 6.45) is 0.784. The molecule has 20 heavy (non-hydrogen) atoms. The molecule has 0 saturated carbocycles. The zero-order valence-corrected chi connectivity index (χ0v) is 12.6. The number of ether oxygens (including phenoxy) is 1. The van der Waals surface area contributed by atoms with Gasteiger partial charge >= 0.3 is 0 Å². The number of aryl methyl sites for hydroxylation is 2. The Hall–Kier alpha value is -1.81. The minimum atomic E-state index is 0.0160. The molecule has 0 radical (unpaired) electrons. The number of carbonyl (C=O) groups is 1. The second-order valence-electron chi connectivity index (χ2n) is 4.56. The number of hydrogen-bond acceptors (Lipinski definition) is 3. The third-order valence-electron chi connectivity index (χ3n) is 3.12. The number of ketones is 1. The van der Waals surface area contributed by atoms with Crippen molar-refractivity contribution >= 4 is 17.4 Å². The van der Waals surface area contributed by atoms with Gasteiger partial charge in [0.15, 0.2) is 5.78 Å². The number of hydrogen-bond donors (Lipinski definition) is 0. The molecule has 0 unspecified atom stereocenters. The highest BCUT2D eigenvalue weighted by atomic mass is 35.5. The molecule has 0 fully saturated rings. The number of carbonyl (C=O) groups excluding carboxylic acids is 1. The molecule has 0 aliphatic rings. The topological polar surface area (TPSA) is 44.1 Å². The molecule has 1 aromatic heterocycles. The number of Topliss-reactive ketones (excluding diaryl/α,β-unsaturated/α-hetero) is 1. The molecule has 5 heteroatoms. The zero-order valence-electron chi connectivity index (χ0n) is 11.8. The molecule has 106 valence electrons. The van der Waals surface area contributed by atoms with E-state index in [4.69, 9.17) is 16.3 Å². The summed E-state index contributed by atoms with van der Waals surface area (Å²) in [7, 11) is 1.84. The van der Waals surface area contributed by atoms with Crippen molar-refractivity contribution in [2.75, 3.05) is 0 Å². The molecule has 0 bridgehead atoms. The van der Waals surface area contributed by atoms with Crippen LogP contribution in [0.1, 0.15) is 35.6 Å². The molecule has 1 heterocycles. The van der Waals surface area contributed by atoms with Crippen molar-refractivity contribution in [1.82, 2.24) is 9.78 Å². The first kappa shape index (κ1) is 14.6. The number of aromatic nitrogens is 2. The minimum Gasteiger partial charge on any atom is -0.487 e. The highest BCUT2D eigenvalue weighted by Crippen LogP contribution is 2.23. The van der Waals surface area contributed by atoms with Gasteiger partial charge in [0.25, 0.3) is 0 Å². The van der Waals surface area contributed by atoms with Crippen molar-refractivity contribution < 1.29 is 9.53 Å². The Balaban J connectivity index is 2.15. The molecule has 4 nitrogen and oxygen atoms in total. The van der Waals surface area contributed by atoms with Crippen LogP contribution in [0.15, 0.2) is 24.3 Å². The standard InChI is InChI=1S/C15H17ClN2O2/c1-4-13-15(16)14(18(3)17-13)9-20-12-7-5-6-11(8-12)10(2)19/h5-8H,4,9H2,1-3H3. The maximum Gasteiger partial charge on any atom is 0.159 e. The minimum absolute atomic E-state index is 0.0160. The van der Waals surface area contributed by atoms with Crippen LogP contribution in [-0.2, 0) is 20.1 Å². The molecule has 0 aliphatic heterocycles. The predicted molar refractivity (Wildman–Crippen MR) is 78.4 cm³/mol. The van der Waals surface area contributed by atoms with Crippen LogP contribution in [0.4, 0.5) is 0 Å². The van der Waals surface area contributed by atoms with Crippen LogP contribution in [0.25, 0.3) is 0 Å². The van der Waals surface area contributed by atoms with E-state index in [0.717, 1.165) is 17.8 Å². The summed E-state index contributed by atoms with van der Waals surface area (Å²) in [4.78, 5) is 11.3. The van der Waals surface area contributed by atoms with E-state index in [2.05, 4.69) is 5.10 Å². The lowest BCUT2D eigenvalue weighted by Crippen LogP contribution is -2.04. The van der Waals surface area contributed by atoms with Gasteiger partial charge in [0.05, 0.1) is 16.4 Å². The van der Waals surface area contributed by atoms with E-state index in [0.29, 0.717) is 22.9 Å². The Morgan fingerprint density at radius 2 is 2.20 bits per heavy atom. The molecule has 2 rings (SSSR count). The third kappa shape index (κ3) is 3.02. The molecule has 0 N–H and O–H groups in total. The van der Waals surface area contributed by atoms with E-state index in [1.165, 1.54) is 6.92 Å². The SMILES string of the molecule is CCc1nn(C)c(COc2cccc(C(C)=O)c2)c1Cl. The van der Waals surface area contributed by atoms with Crippen molar-refractivity contribution in [2.24, 2.45) is 7.05 Å². The fourth-order valence-electron chi connectivity index (χ4n) is 1.93. The van der Waals surface area contributed by atoms with Crippen molar-refractivity contribution in [3.63, 3.8) is 0 Å². The molecule has 0 atom stereocenters. The first-order chi connectivity index (χ1) is 9.52. The van der Waals surface area contributed by atoms with E-state index in [1.807, 2.05) is 20.0 Å².